The second-order valence-corrected chi connectivity index (χ2v) is 6.57. The van der Waals surface area contributed by atoms with Gasteiger partial charge in [-0.3, -0.25) is 4.79 Å². The first-order chi connectivity index (χ1) is 12.0. The first-order valence-electron chi connectivity index (χ1n) is 8.46. The van der Waals surface area contributed by atoms with Crippen LogP contribution in [0, 0.1) is 5.92 Å². The molecule has 1 unspecified atom stereocenters. The third kappa shape index (κ3) is 3.68. The van der Waals surface area contributed by atoms with Gasteiger partial charge >= 0.3 is 6.09 Å². The van der Waals surface area contributed by atoms with Crippen LogP contribution in [0.4, 0.5) is 4.79 Å². The van der Waals surface area contributed by atoms with Crippen LogP contribution in [0.25, 0.3) is 0 Å². The molecule has 0 bridgehead atoms. The number of carboxylic acid groups (broad SMARTS) is 1. The number of carbonyl (C=O) groups excluding carboxylic acids is 1. The number of piperazine rings is 1. The summed E-state index contributed by atoms with van der Waals surface area (Å²) in [4.78, 5) is 30.8. The zero-order valence-corrected chi connectivity index (χ0v) is 14.2. The Labute approximate surface area is 146 Å². The van der Waals surface area contributed by atoms with Gasteiger partial charge in [0.25, 0.3) is 0 Å². The van der Waals surface area contributed by atoms with E-state index < -0.39 is 12.2 Å². The lowest BCUT2D eigenvalue weighted by atomic mass is 9.95. The van der Waals surface area contributed by atoms with Gasteiger partial charge in [0.05, 0.1) is 19.3 Å². The van der Waals surface area contributed by atoms with Crippen molar-refractivity contribution in [1.29, 1.82) is 0 Å². The van der Waals surface area contributed by atoms with Crippen LogP contribution in [0.5, 0.6) is 5.88 Å². The average Bonchev–Trinajstić information content (AvgIpc) is 2.95. The molecule has 25 heavy (non-hydrogen) atoms. The molecule has 3 heterocycles. The molecule has 8 nitrogen and oxygen atoms in total. The smallest absolute Gasteiger partial charge is 0.407 e. The van der Waals surface area contributed by atoms with Gasteiger partial charge in [-0.25, -0.2) is 9.78 Å². The van der Waals surface area contributed by atoms with Crippen molar-refractivity contribution in [3.63, 3.8) is 0 Å². The van der Waals surface area contributed by atoms with E-state index in [0.717, 1.165) is 0 Å². The molecular formula is C17H23N3O5. The number of nitrogens with zero attached hydrogens (tertiary/aromatic N) is 3. The van der Waals surface area contributed by atoms with Crippen molar-refractivity contribution in [3.05, 3.63) is 23.9 Å². The minimum atomic E-state index is -0.933. The summed E-state index contributed by atoms with van der Waals surface area (Å²) < 4.78 is 5.06. The minimum absolute atomic E-state index is 0.0412. The van der Waals surface area contributed by atoms with Gasteiger partial charge in [0, 0.05) is 37.8 Å². The Hall–Kier alpha value is -2.35. The zero-order valence-electron chi connectivity index (χ0n) is 14.2. The van der Waals surface area contributed by atoms with Crippen molar-refractivity contribution in [2.75, 3.05) is 26.7 Å². The Morgan fingerprint density at radius 3 is 3.00 bits per heavy atom. The summed E-state index contributed by atoms with van der Waals surface area (Å²) in [6.07, 6.45) is 1.65. The lowest BCUT2D eigenvalue weighted by Gasteiger charge is -2.35. The number of aromatic nitrogens is 1. The monoisotopic (exact) mass is 349 g/mol. The third-order valence-corrected chi connectivity index (χ3v) is 5.08. The van der Waals surface area contributed by atoms with E-state index in [2.05, 4.69) is 4.98 Å². The lowest BCUT2D eigenvalue weighted by Crippen LogP contribution is -2.52. The molecule has 3 rings (SSSR count). The highest BCUT2D eigenvalue weighted by atomic mass is 16.5. The van der Waals surface area contributed by atoms with E-state index >= 15 is 0 Å². The van der Waals surface area contributed by atoms with Gasteiger partial charge < -0.3 is 24.7 Å². The molecule has 2 saturated heterocycles. The molecule has 0 spiro atoms. The molecule has 1 aromatic heterocycles. The fraction of sp³-hybridized carbons (Fsp3) is 0.588. The number of fused-ring (bicyclic) bond motifs is 1. The number of carbonyl (C=O) groups is 2. The van der Waals surface area contributed by atoms with Crippen LogP contribution >= 0.6 is 0 Å². The Bertz CT molecular complexity index is 653. The van der Waals surface area contributed by atoms with Crippen molar-refractivity contribution in [2.24, 2.45) is 5.92 Å². The standard InChI is InChI=1S/C17H23N3O5/c1-25-15-9-11(4-5-18-15)14(21)3-2-12-8-13-10-19(17(23)24)6-7-20(13)16(12)22/h4-5,9,12-14,21H,2-3,6-8,10H2,1H3,(H,23,24)/t12-,13-,14?/m0/s1. The molecule has 3 atom stereocenters. The highest BCUT2D eigenvalue weighted by Crippen LogP contribution is 2.33. The number of rotatable bonds is 5. The number of aliphatic hydroxyl groups is 1. The van der Waals surface area contributed by atoms with E-state index in [-0.39, 0.29) is 17.9 Å². The average molecular weight is 349 g/mol. The second-order valence-electron chi connectivity index (χ2n) is 6.57. The number of aliphatic hydroxyl groups excluding tert-OH is 1. The molecule has 0 aromatic carbocycles. The zero-order chi connectivity index (χ0) is 18.0. The van der Waals surface area contributed by atoms with E-state index in [1.54, 1.807) is 23.2 Å². The summed E-state index contributed by atoms with van der Waals surface area (Å²) in [6, 6.07) is 3.38. The molecule has 0 saturated carbocycles. The molecule has 0 aliphatic carbocycles. The summed E-state index contributed by atoms with van der Waals surface area (Å²) in [5.41, 5.74) is 0.715. The summed E-state index contributed by atoms with van der Waals surface area (Å²) in [5, 5.41) is 19.5. The number of hydrogen-bond acceptors (Lipinski definition) is 5. The first kappa shape index (κ1) is 17.5. The highest BCUT2D eigenvalue weighted by molar-refractivity contribution is 5.82. The summed E-state index contributed by atoms with van der Waals surface area (Å²) in [7, 11) is 1.52. The van der Waals surface area contributed by atoms with Gasteiger partial charge in [0.2, 0.25) is 11.8 Å². The van der Waals surface area contributed by atoms with E-state index in [9.17, 15) is 14.7 Å². The van der Waals surface area contributed by atoms with Gasteiger partial charge in [-0.15, -0.1) is 0 Å². The fourth-order valence-electron chi connectivity index (χ4n) is 3.70. The number of amides is 2. The van der Waals surface area contributed by atoms with Crippen LogP contribution in [-0.2, 0) is 4.79 Å². The van der Waals surface area contributed by atoms with Crippen molar-refractivity contribution >= 4 is 12.0 Å². The van der Waals surface area contributed by atoms with Gasteiger partial charge in [0.1, 0.15) is 0 Å². The predicted octanol–water partition coefficient (Wildman–Crippen LogP) is 1.11. The molecule has 2 aliphatic heterocycles. The highest BCUT2D eigenvalue weighted by Gasteiger charge is 2.42. The number of hydrogen-bond donors (Lipinski definition) is 2. The van der Waals surface area contributed by atoms with E-state index in [1.165, 1.54) is 12.0 Å². The molecular weight excluding hydrogens is 326 g/mol. The van der Waals surface area contributed by atoms with Crippen LogP contribution in [0.3, 0.4) is 0 Å². The molecule has 8 heteroatoms. The summed E-state index contributed by atoms with van der Waals surface area (Å²) >= 11 is 0. The van der Waals surface area contributed by atoms with Crippen molar-refractivity contribution in [3.8, 4) is 5.88 Å². The minimum Gasteiger partial charge on any atom is -0.481 e. The van der Waals surface area contributed by atoms with Gasteiger partial charge in [0.15, 0.2) is 0 Å². The molecule has 2 amide bonds. The Kier molecular flexibility index (Phi) is 5.08. The van der Waals surface area contributed by atoms with Crippen LogP contribution in [0.15, 0.2) is 18.3 Å². The summed E-state index contributed by atoms with van der Waals surface area (Å²) in [6.45, 7) is 1.20. The number of pyridine rings is 1. The predicted molar refractivity (Wildman–Crippen MR) is 88.2 cm³/mol. The number of ether oxygens (including phenoxy) is 1. The Morgan fingerprint density at radius 1 is 1.48 bits per heavy atom. The lowest BCUT2D eigenvalue weighted by molar-refractivity contribution is -0.133. The molecule has 0 radical (unpaired) electrons. The fourth-order valence-corrected chi connectivity index (χ4v) is 3.70. The molecule has 1 aromatic rings. The SMILES string of the molecule is COc1cc(C(O)CC[C@H]2C[C@H]3CN(C(=O)O)CCN3C2=O)ccn1. The topological polar surface area (TPSA) is 103 Å². The van der Waals surface area contributed by atoms with Crippen molar-refractivity contribution in [2.45, 2.75) is 31.4 Å². The van der Waals surface area contributed by atoms with Crippen molar-refractivity contribution in [1.82, 2.24) is 14.8 Å². The molecule has 2 fully saturated rings. The largest absolute Gasteiger partial charge is 0.481 e. The molecule has 136 valence electrons. The third-order valence-electron chi connectivity index (χ3n) is 5.08. The van der Waals surface area contributed by atoms with Crippen molar-refractivity contribution < 1.29 is 24.5 Å². The van der Waals surface area contributed by atoms with Gasteiger partial charge in [-0.05, 0) is 30.9 Å². The molecule has 2 N–H and O–H groups in total. The van der Waals surface area contributed by atoms with E-state index in [1.807, 2.05) is 0 Å². The second kappa shape index (κ2) is 7.26. The van der Waals surface area contributed by atoms with Crippen LogP contribution in [-0.4, -0.2) is 69.8 Å². The Morgan fingerprint density at radius 2 is 2.28 bits per heavy atom. The normalized spacial score (nSPS) is 24.2. The maximum absolute atomic E-state index is 12.5. The van der Waals surface area contributed by atoms with Crippen LogP contribution < -0.4 is 4.74 Å². The van der Waals surface area contributed by atoms with Gasteiger partial charge in [-0.2, -0.15) is 0 Å². The molecule has 2 aliphatic rings. The van der Waals surface area contributed by atoms with Crippen LogP contribution in [0.2, 0.25) is 0 Å². The number of methoxy groups -OCH3 is 1. The van der Waals surface area contributed by atoms with E-state index in [4.69, 9.17) is 9.84 Å². The van der Waals surface area contributed by atoms with E-state index in [0.29, 0.717) is 50.3 Å². The maximum Gasteiger partial charge on any atom is 0.407 e. The summed E-state index contributed by atoms with van der Waals surface area (Å²) in [5.74, 6) is 0.367. The quantitative estimate of drug-likeness (QED) is 0.825. The van der Waals surface area contributed by atoms with Gasteiger partial charge in [-0.1, -0.05) is 0 Å². The maximum atomic E-state index is 12.5. The van der Waals surface area contributed by atoms with Crippen LogP contribution in [0.1, 0.15) is 30.9 Å². The Balaban J connectivity index is 1.56. The first-order valence-corrected chi connectivity index (χ1v) is 8.46.